The van der Waals surface area contributed by atoms with Gasteiger partial charge in [-0.1, -0.05) is 64.2 Å². The molecular weight excluding hydrogens is 450 g/mol. The first-order valence-electron chi connectivity index (χ1n) is 7.89. The summed E-state index contributed by atoms with van der Waals surface area (Å²) in [7, 11) is 0. The zero-order valence-electron chi connectivity index (χ0n) is 14.1. The minimum atomic E-state index is -1.06. The summed E-state index contributed by atoms with van der Waals surface area (Å²) in [6.45, 7) is 1.45. The molecule has 1 saturated heterocycles. The summed E-state index contributed by atoms with van der Waals surface area (Å²) in [5.74, 6) is -0.907. The van der Waals surface area contributed by atoms with Crippen LogP contribution < -0.4 is 9.64 Å². The third-order valence-electron chi connectivity index (χ3n) is 3.72. The number of hydrogen-bond acceptors (Lipinski definition) is 5. The Labute approximate surface area is 174 Å². The van der Waals surface area contributed by atoms with Gasteiger partial charge in [-0.2, -0.15) is 0 Å². The predicted octanol–water partition coefficient (Wildman–Crippen LogP) is 4.71. The second-order valence-electron chi connectivity index (χ2n) is 5.63. The highest BCUT2D eigenvalue weighted by molar-refractivity contribution is 9.10. The summed E-state index contributed by atoms with van der Waals surface area (Å²) in [6, 6.07) is 14.3. The van der Waals surface area contributed by atoms with E-state index in [9.17, 15) is 9.59 Å². The molecule has 0 aliphatic carbocycles. The van der Waals surface area contributed by atoms with E-state index in [4.69, 9.17) is 22.1 Å². The van der Waals surface area contributed by atoms with Crippen molar-refractivity contribution in [2.45, 2.75) is 13.0 Å². The van der Waals surface area contributed by atoms with Crippen LogP contribution in [-0.4, -0.2) is 27.4 Å². The molecular formula is C19H14BrNO4S2. The lowest BCUT2D eigenvalue weighted by molar-refractivity contribution is -0.144. The number of carboxylic acids is 1. The van der Waals surface area contributed by atoms with Crippen LogP contribution in [0.25, 0.3) is 6.08 Å². The van der Waals surface area contributed by atoms with Gasteiger partial charge in [0, 0.05) is 10.0 Å². The van der Waals surface area contributed by atoms with Gasteiger partial charge in [-0.15, -0.1) is 0 Å². The molecule has 1 atom stereocenters. The molecule has 3 rings (SSSR count). The highest BCUT2D eigenvalue weighted by atomic mass is 79.9. The number of amides is 1. The van der Waals surface area contributed by atoms with Crippen molar-refractivity contribution in [3.63, 3.8) is 0 Å². The standard InChI is InChI=1S/C19H14BrNO4S2/c1-11(18(23)24)25-15-8-3-2-5-12(15)9-16-17(22)21(19(26)27-16)14-7-4-6-13(20)10-14/h2-11H,1H3,(H,23,24)/b16-9+. The van der Waals surface area contributed by atoms with E-state index in [1.807, 2.05) is 24.3 Å². The summed E-state index contributed by atoms with van der Waals surface area (Å²) in [5.41, 5.74) is 1.29. The Morgan fingerprint density at radius 1 is 1.30 bits per heavy atom. The van der Waals surface area contributed by atoms with Gasteiger partial charge in [-0.05, 0) is 37.3 Å². The van der Waals surface area contributed by atoms with Crippen LogP contribution in [0.15, 0.2) is 57.9 Å². The van der Waals surface area contributed by atoms with Crippen molar-refractivity contribution in [1.29, 1.82) is 0 Å². The van der Waals surface area contributed by atoms with Crippen LogP contribution in [0.3, 0.4) is 0 Å². The van der Waals surface area contributed by atoms with Crippen molar-refractivity contribution in [3.8, 4) is 5.75 Å². The fourth-order valence-corrected chi connectivity index (χ4v) is 4.07. The van der Waals surface area contributed by atoms with Gasteiger partial charge in [0.25, 0.3) is 5.91 Å². The van der Waals surface area contributed by atoms with Crippen molar-refractivity contribution in [1.82, 2.24) is 0 Å². The van der Waals surface area contributed by atoms with Crippen molar-refractivity contribution in [2.75, 3.05) is 4.90 Å². The van der Waals surface area contributed by atoms with E-state index < -0.39 is 12.1 Å². The molecule has 1 heterocycles. The summed E-state index contributed by atoms with van der Waals surface area (Å²) >= 11 is 9.96. The molecule has 27 heavy (non-hydrogen) atoms. The average molecular weight is 464 g/mol. The molecule has 5 nitrogen and oxygen atoms in total. The molecule has 0 bridgehead atoms. The second kappa shape index (κ2) is 8.24. The van der Waals surface area contributed by atoms with Crippen LogP contribution in [0.4, 0.5) is 5.69 Å². The van der Waals surface area contributed by atoms with Crippen LogP contribution in [0.2, 0.25) is 0 Å². The Kier molecular flexibility index (Phi) is 5.98. The lowest BCUT2D eigenvalue weighted by atomic mass is 10.1. The number of benzene rings is 2. The average Bonchev–Trinajstić information content (AvgIpc) is 2.90. The van der Waals surface area contributed by atoms with E-state index in [2.05, 4.69) is 15.9 Å². The van der Waals surface area contributed by atoms with Crippen molar-refractivity contribution in [3.05, 3.63) is 63.5 Å². The van der Waals surface area contributed by atoms with Crippen LogP contribution in [0, 0.1) is 0 Å². The predicted molar refractivity (Wildman–Crippen MR) is 114 cm³/mol. The minimum absolute atomic E-state index is 0.232. The molecule has 2 aromatic carbocycles. The second-order valence-corrected chi connectivity index (χ2v) is 8.22. The lowest BCUT2D eigenvalue weighted by Crippen LogP contribution is -2.27. The van der Waals surface area contributed by atoms with Gasteiger partial charge < -0.3 is 9.84 Å². The number of thioether (sulfide) groups is 1. The number of carbonyl (C=O) groups excluding carboxylic acids is 1. The number of para-hydroxylation sites is 1. The highest BCUT2D eigenvalue weighted by Gasteiger charge is 2.33. The fraction of sp³-hybridized carbons (Fsp3) is 0.105. The molecule has 138 valence electrons. The van der Waals surface area contributed by atoms with Gasteiger partial charge in [-0.25, -0.2) is 4.79 Å². The molecule has 1 fully saturated rings. The normalized spacial score (nSPS) is 16.7. The van der Waals surface area contributed by atoms with Crippen LogP contribution in [-0.2, 0) is 9.59 Å². The number of rotatable bonds is 5. The third-order valence-corrected chi connectivity index (χ3v) is 5.51. The van der Waals surface area contributed by atoms with E-state index in [-0.39, 0.29) is 5.91 Å². The number of nitrogens with zero attached hydrogens (tertiary/aromatic N) is 1. The lowest BCUT2D eigenvalue weighted by Gasteiger charge is -2.14. The molecule has 1 unspecified atom stereocenters. The first-order chi connectivity index (χ1) is 12.9. The molecule has 1 aliphatic heterocycles. The van der Waals surface area contributed by atoms with Gasteiger partial charge in [-0.3, -0.25) is 9.69 Å². The molecule has 0 spiro atoms. The van der Waals surface area contributed by atoms with Crippen molar-refractivity contribution in [2.24, 2.45) is 0 Å². The third kappa shape index (κ3) is 4.40. The topological polar surface area (TPSA) is 66.8 Å². The van der Waals surface area contributed by atoms with Gasteiger partial charge in [0.1, 0.15) is 5.75 Å². The Hall–Kier alpha value is -2.16. The minimum Gasteiger partial charge on any atom is -0.479 e. The van der Waals surface area contributed by atoms with Gasteiger partial charge >= 0.3 is 5.97 Å². The van der Waals surface area contributed by atoms with Gasteiger partial charge in [0.05, 0.1) is 10.6 Å². The maximum absolute atomic E-state index is 12.9. The molecule has 0 saturated carbocycles. The van der Waals surface area contributed by atoms with Gasteiger partial charge in [0.2, 0.25) is 0 Å². The van der Waals surface area contributed by atoms with E-state index >= 15 is 0 Å². The Morgan fingerprint density at radius 3 is 2.74 bits per heavy atom. The zero-order valence-corrected chi connectivity index (χ0v) is 17.3. The van der Waals surface area contributed by atoms with Gasteiger partial charge in [0.15, 0.2) is 10.4 Å². The number of carbonyl (C=O) groups is 2. The first-order valence-corrected chi connectivity index (χ1v) is 9.90. The molecule has 1 aliphatic rings. The maximum atomic E-state index is 12.9. The summed E-state index contributed by atoms with van der Waals surface area (Å²) in [4.78, 5) is 25.8. The Bertz CT molecular complexity index is 960. The quantitative estimate of drug-likeness (QED) is 0.511. The van der Waals surface area contributed by atoms with Crippen LogP contribution in [0.1, 0.15) is 12.5 Å². The van der Waals surface area contributed by atoms with Crippen LogP contribution in [0.5, 0.6) is 5.75 Å². The maximum Gasteiger partial charge on any atom is 0.344 e. The molecule has 0 radical (unpaired) electrons. The Morgan fingerprint density at radius 2 is 2.04 bits per heavy atom. The number of halogens is 1. The number of aliphatic carboxylic acids is 1. The fourth-order valence-electron chi connectivity index (χ4n) is 2.39. The highest BCUT2D eigenvalue weighted by Crippen LogP contribution is 2.37. The smallest absolute Gasteiger partial charge is 0.344 e. The summed E-state index contributed by atoms with van der Waals surface area (Å²) < 4.78 is 6.77. The van der Waals surface area contributed by atoms with E-state index in [0.717, 1.165) is 4.47 Å². The van der Waals surface area contributed by atoms with E-state index in [0.29, 0.717) is 26.2 Å². The molecule has 0 aromatic heterocycles. The number of hydrogen-bond donors (Lipinski definition) is 1. The van der Waals surface area contributed by atoms with Crippen molar-refractivity contribution < 1.29 is 19.4 Å². The molecule has 2 aromatic rings. The SMILES string of the molecule is CC(Oc1ccccc1/C=C1/SC(=S)N(c2cccc(Br)c2)C1=O)C(=O)O. The number of ether oxygens (including phenoxy) is 1. The van der Waals surface area contributed by atoms with E-state index in [1.54, 1.807) is 30.3 Å². The van der Waals surface area contributed by atoms with Crippen LogP contribution >= 0.6 is 39.9 Å². The molecule has 1 N–H and O–H groups in total. The summed E-state index contributed by atoms with van der Waals surface area (Å²) in [5, 5.41) is 9.05. The Balaban J connectivity index is 1.92. The monoisotopic (exact) mass is 463 g/mol. The number of anilines is 1. The van der Waals surface area contributed by atoms with Crippen molar-refractivity contribution >= 4 is 67.9 Å². The number of carboxylic acid groups (broad SMARTS) is 1. The molecule has 8 heteroatoms. The summed E-state index contributed by atoms with van der Waals surface area (Å²) in [6.07, 6.45) is 0.664. The number of thiocarbonyl (C=S) groups is 1. The zero-order chi connectivity index (χ0) is 19.6. The first kappa shape index (κ1) is 19.6. The van der Waals surface area contributed by atoms with E-state index in [1.165, 1.54) is 23.6 Å². The largest absolute Gasteiger partial charge is 0.479 e. The molecule has 1 amide bonds.